The van der Waals surface area contributed by atoms with E-state index in [2.05, 4.69) is 11.7 Å². The third kappa shape index (κ3) is 4.81. The Labute approximate surface area is 161 Å². The van der Waals surface area contributed by atoms with Crippen LogP contribution < -0.4 is 9.47 Å². The van der Waals surface area contributed by atoms with Gasteiger partial charge in [0, 0.05) is 19.2 Å². The first kappa shape index (κ1) is 21.2. The maximum absolute atomic E-state index is 13.3. The van der Waals surface area contributed by atoms with E-state index in [4.69, 9.17) is 9.47 Å². The van der Waals surface area contributed by atoms with Gasteiger partial charge in [-0.1, -0.05) is 13.3 Å². The Hall–Kier alpha value is -2.06. The van der Waals surface area contributed by atoms with Gasteiger partial charge >= 0.3 is 5.97 Å². The lowest BCUT2D eigenvalue weighted by Gasteiger charge is -2.32. The average molecular weight is 397 g/mol. The van der Waals surface area contributed by atoms with Gasteiger partial charge in [-0.15, -0.1) is 0 Å². The van der Waals surface area contributed by atoms with Crippen molar-refractivity contribution >= 4 is 22.1 Å². The molecule has 0 saturated carbocycles. The molecule has 150 valence electrons. The van der Waals surface area contributed by atoms with Gasteiger partial charge in [-0.3, -0.25) is 0 Å². The minimum Gasteiger partial charge on any atom is -0.493 e. The average Bonchev–Trinajstić information content (AvgIpc) is 2.70. The van der Waals surface area contributed by atoms with Crippen LogP contribution in [0, 0.1) is 5.92 Å². The van der Waals surface area contributed by atoms with Crippen LogP contribution in [0.3, 0.4) is 0 Å². The first-order valence-electron chi connectivity index (χ1n) is 8.89. The summed E-state index contributed by atoms with van der Waals surface area (Å²) in [6, 6.07) is 3.11. The number of methoxy groups -OCH3 is 3. The van der Waals surface area contributed by atoms with Crippen molar-refractivity contribution in [3.63, 3.8) is 0 Å². The lowest BCUT2D eigenvalue weighted by molar-refractivity contribution is -0.134. The molecule has 0 radical (unpaired) electrons. The molecule has 0 spiro atoms. The Morgan fingerprint density at radius 3 is 2.59 bits per heavy atom. The summed E-state index contributed by atoms with van der Waals surface area (Å²) in [4.78, 5) is 11.4. The number of carbonyl (C=O) groups excluding carboxylic acids is 1. The molecule has 1 aromatic rings. The molecule has 1 aromatic carbocycles. The van der Waals surface area contributed by atoms with E-state index in [1.54, 1.807) is 6.07 Å². The number of hydrogen-bond donors (Lipinski definition) is 0. The molecule has 1 atom stereocenters. The van der Waals surface area contributed by atoms with Gasteiger partial charge in [0.25, 0.3) is 0 Å². The maximum Gasteiger partial charge on any atom is 0.330 e. The molecule has 27 heavy (non-hydrogen) atoms. The summed E-state index contributed by atoms with van der Waals surface area (Å²) < 4.78 is 43.4. The van der Waals surface area contributed by atoms with Crippen LogP contribution in [0.1, 0.15) is 31.7 Å². The fourth-order valence-corrected chi connectivity index (χ4v) is 4.95. The van der Waals surface area contributed by atoms with Gasteiger partial charge in [0.05, 0.1) is 21.3 Å². The molecule has 7 nitrogen and oxygen atoms in total. The predicted octanol–water partition coefficient (Wildman–Crippen LogP) is 2.70. The summed E-state index contributed by atoms with van der Waals surface area (Å²) >= 11 is 0. The molecule has 0 amide bonds. The number of esters is 1. The first-order valence-corrected chi connectivity index (χ1v) is 10.3. The molecule has 0 aliphatic carbocycles. The number of piperidine rings is 1. The second-order valence-electron chi connectivity index (χ2n) is 6.39. The molecular weight excluding hydrogens is 370 g/mol. The molecule has 1 fully saturated rings. The van der Waals surface area contributed by atoms with Crippen LogP contribution in [0.4, 0.5) is 0 Å². The molecule has 1 heterocycles. The second-order valence-corrected chi connectivity index (χ2v) is 8.30. The second kappa shape index (κ2) is 9.23. The van der Waals surface area contributed by atoms with Crippen molar-refractivity contribution in [2.24, 2.45) is 5.92 Å². The Morgan fingerprint density at radius 2 is 2.00 bits per heavy atom. The maximum atomic E-state index is 13.3. The summed E-state index contributed by atoms with van der Waals surface area (Å²) in [6.07, 6.45) is 5.52. The Kier molecular flexibility index (Phi) is 7.26. The van der Waals surface area contributed by atoms with Crippen LogP contribution in [-0.4, -0.2) is 53.1 Å². The number of carbonyl (C=O) groups is 1. The van der Waals surface area contributed by atoms with Crippen LogP contribution in [0.25, 0.3) is 6.08 Å². The van der Waals surface area contributed by atoms with Crippen molar-refractivity contribution in [1.29, 1.82) is 0 Å². The van der Waals surface area contributed by atoms with Crippen LogP contribution in [-0.2, 0) is 19.6 Å². The molecule has 0 aromatic heterocycles. The van der Waals surface area contributed by atoms with Crippen LogP contribution in [0.5, 0.6) is 11.5 Å². The summed E-state index contributed by atoms with van der Waals surface area (Å²) in [7, 11) is 0.356. The quantitative estimate of drug-likeness (QED) is 0.520. The third-order valence-electron chi connectivity index (χ3n) is 4.76. The van der Waals surface area contributed by atoms with Crippen LogP contribution in [0.2, 0.25) is 0 Å². The molecule has 0 N–H and O–H groups in total. The van der Waals surface area contributed by atoms with Crippen molar-refractivity contribution in [3.8, 4) is 11.5 Å². The highest BCUT2D eigenvalue weighted by atomic mass is 32.2. The zero-order valence-electron chi connectivity index (χ0n) is 16.2. The molecule has 8 heteroatoms. The van der Waals surface area contributed by atoms with E-state index < -0.39 is 16.0 Å². The SMILES string of the molecule is CCC1CCCN(S(=O)(=O)c2cc(/C=C/C(=O)OC)cc(OC)c2OC)C1. The van der Waals surface area contributed by atoms with E-state index >= 15 is 0 Å². The summed E-state index contributed by atoms with van der Waals surface area (Å²) in [6.45, 7) is 3.04. The summed E-state index contributed by atoms with van der Waals surface area (Å²) in [5.41, 5.74) is 0.501. The van der Waals surface area contributed by atoms with Gasteiger partial charge in [0.2, 0.25) is 10.0 Å². The van der Waals surface area contributed by atoms with E-state index in [0.29, 0.717) is 24.6 Å². The Bertz CT molecular complexity index is 803. The van der Waals surface area contributed by atoms with Crippen LogP contribution >= 0.6 is 0 Å². The van der Waals surface area contributed by atoms with Crippen molar-refractivity contribution < 1.29 is 27.4 Å². The smallest absolute Gasteiger partial charge is 0.330 e. The monoisotopic (exact) mass is 397 g/mol. The molecule has 2 rings (SSSR count). The van der Waals surface area contributed by atoms with Crippen LogP contribution in [0.15, 0.2) is 23.1 Å². The number of nitrogens with zero attached hydrogens (tertiary/aromatic N) is 1. The highest BCUT2D eigenvalue weighted by molar-refractivity contribution is 7.89. The molecule has 1 unspecified atom stereocenters. The van der Waals surface area contributed by atoms with Gasteiger partial charge in [-0.2, -0.15) is 4.31 Å². The molecular formula is C19H27NO6S. The number of sulfonamides is 1. The lowest BCUT2D eigenvalue weighted by atomic mass is 9.97. The highest BCUT2D eigenvalue weighted by Gasteiger charge is 2.33. The van der Waals surface area contributed by atoms with Crippen molar-refractivity contribution in [3.05, 3.63) is 23.8 Å². The van der Waals surface area contributed by atoms with Gasteiger partial charge in [-0.05, 0) is 42.5 Å². The van der Waals surface area contributed by atoms with Gasteiger partial charge in [0.1, 0.15) is 4.90 Å². The molecule has 1 aliphatic rings. The fraction of sp³-hybridized carbons (Fsp3) is 0.526. The van der Waals surface area contributed by atoms with E-state index in [-0.39, 0.29) is 16.4 Å². The Balaban J connectivity index is 2.52. The first-order chi connectivity index (χ1) is 12.9. The van der Waals surface area contributed by atoms with E-state index in [1.807, 2.05) is 0 Å². The summed E-state index contributed by atoms with van der Waals surface area (Å²) in [5, 5.41) is 0. The zero-order chi connectivity index (χ0) is 20.0. The number of ether oxygens (including phenoxy) is 3. The Morgan fingerprint density at radius 1 is 1.26 bits per heavy atom. The lowest BCUT2D eigenvalue weighted by Crippen LogP contribution is -2.39. The van der Waals surface area contributed by atoms with Gasteiger partial charge < -0.3 is 14.2 Å². The molecule has 1 saturated heterocycles. The van der Waals surface area contributed by atoms with Gasteiger partial charge in [-0.25, -0.2) is 13.2 Å². The molecule has 1 aliphatic heterocycles. The van der Waals surface area contributed by atoms with Gasteiger partial charge in [0.15, 0.2) is 11.5 Å². The predicted molar refractivity (Wildman–Crippen MR) is 102 cm³/mol. The zero-order valence-corrected chi connectivity index (χ0v) is 17.0. The van der Waals surface area contributed by atoms with E-state index in [0.717, 1.165) is 19.3 Å². The number of rotatable bonds is 7. The van der Waals surface area contributed by atoms with E-state index in [1.165, 1.54) is 43.9 Å². The number of benzene rings is 1. The van der Waals surface area contributed by atoms with Crippen molar-refractivity contribution in [2.45, 2.75) is 31.1 Å². The minimum atomic E-state index is -3.77. The van der Waals surface area contributed by atoms with Crippen molar-refractivity contribution in [1.82, 2.24) is 4.31 Å². The summed E-state index contributed by atoms with van der Waals surface area (Å²) in [5.74, 6) is 0.262. The van der Waals surface area contributed by atoms with Crippen molar-refractivity contribution in [2.75, 3.05) is 34.4 Å². The van der Waals surface area contributed by atoms with E-state index in [9.17, 15) is 13.2 Å². The third-order valence-corrected chi connectivity index (χ3v) is 6.63. The number of hydrogen-bond acceptors (Lipinski definition) is 6. The molecule has 0 bridgehead atoms. The minimum absolute atomic E-state index is 0.0330. The normalized spacial score (nSPS) is 18.4. The largest absolute Gasteiger partial charge is 0.493 e. The topological polar surface area (TPSA) is 82.1 Å². The fourth-order valence-electron chi connectivity index (χ4n) is 3.19. The standard InChI is InChI=1S/C19H27NO6S/c1-5-14-7-6-10-20(13-14)27(22,23)17-12-15(8-9-18(21)25-3)11-16(24-2)19(17)26-4/h8-9,11-12,14H,5-7,10,13H2,1-4H3/b9-8+. The highest BCUT2D eigenvalue weighted by Crippen LogP contribution is 2.38.